The summed E-state index contributed by atoms with van der Waals surface area (Å²) in [6, 6.07) is 13.1. The Kier molecular flexibility index (Phi) is 10.00. The number of ether oxygens (including phenoxy) is 2. The maximum atomic E-state index is 6.06. The van der Waals surface area contributed by atoms with Crippen LogP contribution in [0.1, 0.15) is 42.9 Å². The summed E-state index contributed by atoms with van der Waals surface area (Å²) in [5.74, 6) is 2.11. The third-order valence-corrected chi connectivity index (χ3v) is 8.04. The Labute approximate surface area is 221 Å². The molecule has 2 aromatic rings. The van der Waals surface area contributed by atoms with Crippen molar-refractivity contribution in [2.75, 3.05) is 57.1 Å². The van der Waals surface area contributed by atoms with Gasteiger partial charge in [-0.15, -0.1) is 11.8 Å². The Bertz CT molecular complexity index is 1070. The second-order valence-electron chi connectivity index (χ2n) is 9.49. The first-order valence-electron chi connectivity index (χ1n) is 13.2. The van der Waals surface area contributed by atoms with Gasteiger partial charge in [0.05, 0.1) is 20.0 Å². The normalized spacial score (nSPS) is 15.9. The number of fused-ring (bicyclic) bond motifs is 1. The number of benzene rings is 2. The number of allylic oxidation sites excluding steroid dienone is 2. The molecule has 192 valence electrons. The lowest BCUT2D eigenvalue weighted by Crippen LogP contribution is -2.46. The van der Waals surface area contributed by atoms with E-state index in [2.05, 4.69) is 77.9 Å². The number of hydrogen-bond acceptors (Lipinski definition) is 5. The van der Waals surface area contributed by atoms with E-state index in [0.29, 0.717) is 0 Å². The van der Waals surface area contributed by atoms with Gasteiger partial charge < -0.3 is 14.4 Å². The quantitative estimate of drug-likeness (QED) is 0.178. The van der Waals surface area contributed by atoms with E-state index in [0.717, 1.165) is 75.7 Å². The molecular weight excluding hydrogens is 464 g/mol. The lowest BCUT2D eigenvalue weighted by molar-refractivity contribution is 0.238. The van der Waals surface area contributed by atoms with Crippen LogP contribution in [-0.2, 0) is 11.2 Å². The van der Waals surface area contributed by atoms with E-state index in [9.17, 15) is 0 Å². The third kappa shape index (κ3) is 7.21. The van der Waals surface area contributed by atoms with Crippen molar-refractivity contribution < 1.29 is 9.47 Å². The van der Waals surface area contributed by atoms with E-state index in [-0.39, 0.29) is 0 Å². The monoisotopic (exact) mass is 504 g/mol. The number of unbranched alkanes of at least 4 members (excludes halogenated alkanes) is 1. The highest BCUT2D eigenvalue weighted by atomic mass is 32.2. The van der Waals surface area contributed by atoms with Crippen molar-refractivity contribution in [3.63, 3.8) is 0 Å². The van der Waals surface area contributed by atoms with Crippen molar-refractivity contribution in [2.24, 2.45) is 0 Å². The average molecular weight is 505 g/mol. The Morgan fingerprint density at radius 1 is 1.06 bits per heavy atom. The molecule has 0 unspecified atom stereocenters. The second-order valence-corrected chi connectivity index (χ2v) is 10.6. The zero-order chi connectivity index (χ0) is 25.2. The average Bonchev–Trinajstić information content (AvgIpc) is 2.90. The summed E-state index contributed by atoms with van der Waals surface area (Å²) >= 11 is 1.93. The summed E-state index contributed by atoms with van der Waals surface area (Å²) in [6.07, 6.45) is 12.5. The topological polar surface area (TPSA) is 24.9 Å². The first-order valence-corrected chi connectivity index (χ1v) is 14.2. The van der Waals surface area contributed by atoms with Crippen LogP contribution in [0.5, 0.6) is 5.75 Å². The van der Waals surface area contributed by atoms with Crippen LogP contribution in [0.2, 0.25) is 0 Å². The van der Waals surface area contributed by atoms with Gasteiger partial charge in [0.25, 0.3) is 0 Å². The molecule has 4 rings (SSSR count). The first-order chi connectivity index (χ1) is 17.7. The summed E-state index contributed by atoms with van der Waals surface area (Å²) in [5, 5.41) is 0. The number of hydrogen-bond donors (Lipinski definition) is 0. The van der Waals surface area contributed by atoms with Crippen LogP contribution >= 0.6 is 11.8 Å². The van der Waals surface area contributed by atoms with Crippen LogP contribution < -0.4 is 9.64 Å². The van der Waals surface area contributed by atoms with Crippen LogP contribution in [-0.4, -0.2) is 57.1 Å². The van der Waals surface area contributed by atoms with Crippen molar-refractivity contribution >= 4 is 29.6 Å². The van der Waals surface area contributed by atoms with Gasteiger partial charge in [-0.05, 0) is 79.4 Å². The molecule has 0 spiro atoms. The van der Waals surface area contributed by atoms with Gasteiger partial charge in [0.15, 0.2) is 0 Å². The largest absolute Gasteiger partial charge is 0.504 e. The Morgan fingerprint density at radius 2 is 1.92 bits per heavy atom. The molecular formula is C31H40N2O2S. The van der Waals surface area contributed by atoms with E-state index in [1.165, 1.54) is 33.7 Å². The van der Waals surface area contributed by atoms with Gasteiger partial charge >= 0.3 is 0 Å². The summed E-state index contributed by atoms with van der Waals surface area (Å²) in [7, 11) is 1.71. The molecule has 0 aromatic heterocycles. The van der Waals surface area contributed by atoms with Gasteiger partial charge in [-0.1, -0.05) is 43.4 Å². The molecule has 1 heterocycles. The van der Waals surface area contributed by atoms with Crippen molar-refractivity contribution in [3.8, 4) is 5.75 Å². The lowest BCUT2D eigenvalue weighted by Gasteiger charge is -2.37. The number of rotatable bonds is 12. The predicted molar refractivity (Wildman–Crippen MR) is 155 cm³/mol. The number of methoxy groups -OCH3 is 1. The molecule has 36 heavy (non-hydrogen) atoms. The summed E-state index contributed by atoms with van der Waals surface area (Å²) < 4.78 is 11.3. The standard InChI is InChI=1S/C31H40N2O2S/c1-4-22-36-31-9-7-8-30(29(31)14-21-34-3)33-18-16-32(17-19-33)15-5-6-20-35-28-13-12-26-11-10-25(2)23-27(26)24-28/h7-14,21,24H,2,4-6,15-20,22-23H2,1,3H3. The van der Waals surface area contributed by atoms with Gasteiger partial charge in [0, 0.05) is 42.3 Å². The van der Waals surface area contributed by atoms with E-state index in [4.69, 9.17) is 9.47 Å². The number of anilines is 1. The third-order valence-electron chi connectivity index (χ3n) is 6.76. The zero-order valence-electron chi connectivity index (χ0n) is 21.9. The summed E-state index contributed by atoms with van der Waals surface area (Å²) in [4.78, 5) is 6.46. The molecule has 5 heteroatoms. The smallest absolute Gasteiger partial charge is 0.119 e. The van der Waals surface area contributed by atoms with Crippen LogP contribution in [0.25, 0.3) is 12.2 Å². The fourth-order valence-electron chi connectivity index (χ4n) is 4.79. The molecule has 2 aliphatic rings. The van der Waals surface area contributed by atoms with Gasteiger partial charge in [-0.25, -0.2) is 0 Å². The summed E-state index contributed by atoms with van der Waals surface area (Å²) in [5.41, 5.74) is 6.35. The van der Waals surface area contributed by atoms with Crippen LogP contribution in [0.3, 0.4) is 0 Å². The number of piperazine rings is 1. The molecule has 1 saturated heterocycles. The second kappa shape index (κ2) is 13.6. The Morgan fingerprint density at radius 3 is 2.72 bits per heavy atom. The Hall–Kier alpha value is -2.63. The highest BCUT2D eigenvalue weighted by molar-refractivity contribution is 7.99. The molecule has 0 amide bonds. The highest BCUT2D eigenvalue weighted by Gasteiger charge is 2.20. The van der Waals surface area contributed by atoms with Crippen LogP contribution in [0.15, 0.2) is 65.8 Å². The summed E-state index contributed by atoms with van der Waals surface area (Å²) in [6.45, 7) is 12.5. The van der Waals surface area contributed by atoms with Gasteiger partial charge in [-0.2, -0.15) is 0 Å². The van der Waals surface area contributed by atoms with Crippen molar-refractivity contribution in [2.45, 2.75) is 37.5 Å². The van der Waals surface area contributed by atoms with Gasteiger partial charge in [0.2, 0.25) is 0 Å². The minimum Gasteiger partial charge on any atom is -0.504 e. The molecule has 0 saturated carbocycles. The minimum atomic E-state index is 0.771. The first kappa shape index (κ1) is 26.4. The van der Waals surface area contributed by atoms with Crippen molar-refractivity contribution in [3.05, 3.63) is 77.6 Å². The van der Waals surface area contributed by atoms with Crippen LogP contribution in [0, 0.1) is 0 Å². The maximum Gasteiger partial charge on any atom is 0.119 e. The molecule has 0 radical (unpaired) electrons. The SMILES string of the molecule is C=C1C=Cc2ccc(OCCCCN3CCN(c4cccc(SCCC)c4C=COC)CC3)cc2C1. The molecule has 0 N–H and O–H groups in total. The van der Waals surface area contributed by atoms with Crippen molar-refractivity contribution in [1.82, 2.24) is 4.90 Å². The molecule has 2 aromatic carbocycles. The van der Waals surface area contributed by atoms with E-state index >= 15 is 0 Å². The van der Waals surface area contributed by atoms with Gasteiger partial charge in [0.1, 0.15) is 5.75 Å². The molecule has 1 aliphatic carbocycles. The highest BCUT2D eigenvalue weighted by Crippen LogP contribution is 2.33. The molecule has 4 nitrogen and oxygen atoms in total. The maximum absolute atomic E-state index is 6.06. The fraction of sp³-hybridized carbons (Fsp3) is 0.419. The van der Waals surface area contributed by atoms with Gasteiger partial charge in [-0.3, -0.25) is 4.90 Å². The van der Waals surface area contributed by atoms with E-state index in [1.807, 2.05) is 11.8 Å². The molecule has 1 fully saturated rings. The number of thioether (sulfide) groups is 1. The lowest BCUT2D eigenvalue weighted by atomic mass is 9.94. The number of nitrogens with zero attached hydrogens (tertiary/aromatic N) is 2. The van der Waals surface area contributed by atoms with E-state index in [1.54, 1.807) is 13.4 Å². The van der Waals surface area contributed by atoms with Crippen molar-refractivity contribution in [1.29, 1.82) is 0 Å². The molecule has 0 bridgehead atoms. The molecule has 1 aliphatic heterocycles. The van der Waals surface area contributed by atoms with E-state index < -0.39 is 0 Å². The predicted octanol–water partition coefficient (Wildman–Crippen LogP) is 6.91. The minimum absolute atomic E-state index is 0.771. The zero-order valence-corrected chi connectivity index (χ0v) is 22.7. The van der Waals surface area contributed by atoms with Crippen LogP contribution in [0.4, 0.5) is 5.69 Å². The Balaban J connectivity index is 1.21. The fourth-order valence-corrected chi connectivity index (χ4v) is 5.72. The molecule has 0 atom stereocenters.